The lowest BCUT2D eigenvalue weighted by Gasteiger charge is -2.33. The molecule has 2 aliphatic heterocycles. The molecule has 0 atom stereocenters. The van der Waals surface area contributed by atoms with Crippen LogP contribution in [0.2, 0.25) is 0 Å². The minimum atomic E-state index is -0.937. The summed E-state index contributed by atoms with van der Waals surface area (Å²) in [6, 6.07) is 5.15. The number of carbonyl (C=O) groups is 2. The Morgan fingerprint density at radius 1 is 1.19 bits per heavy atom. The van der Waals surface area contributed by atoms with Crippen LogP contribution in [-0.4, -0.2) is 47.7 Å². The van der Waals surface area contributed by atoms with Crippen molar-refractivity contribution in [1.82, 2.24) is 4.90 Å². The predicted octanol–water partition coefficient (Wildman–Crippen LogP) is 1.29. The summed E-state index contributed by atoms with van der Waals surface area (Å²) in [6.07, 6.45) is 2.38. The Balaban J connectivity index is 1.78. The number of fused-ring (bicyclic) bond motifs is 1. The molecule has 0 spiro atoms. The summed E-state index contributed by atoms with van der Waals surface area (Å²) in [5, 5.41) is 9.02. The SMILES string of the molecule is NC1CCN(C(=O)N2CCc3cc(C(=O)O)ccc32)CC1. The predicted molar refractivity (Wildman–Crippen MR) is 78.6 cm³/mol. The average Bonchev–Trinajstić information content (AvgIpc) is 2.90. The number of benzene rings is 1. The van der Waals surface area contributed by atoms with E-state index >= 15 is 0 Å². The second-order valence-electron chi connectivity index (χ2n) is 5.66. The molecule has 3 N–H and O–H groups in total. The number of likely N-dealkylation sites (tertiary alicyclic amines) is 1. The fourth-order valence-corrected chi connectivity index (χ4v) is 2.99. The van der Waals surface area contributed by atoms with E-state index in [2.05, 4.69) is 0 Å². The Morgan fingerprint density at radius 3 is 2.57 bits per heavy atom. The number of urea groups is 1. The summed E-state index contributed by atoms with van der Waals surface area (Å²) in [5.74, 6) is -0.937. The van der Waals surface area contributed by atoms with Crippen LogP contribution >= 0.6 is 0 Å². The van der Waals surface area contributed by atoms with Crippen LogP contribution in [0.25, 0.3) is 0 Å². The number of aromatic carboxylic acids is 1. The van der Waals surface area contributed by atoms with E-state index in [1.54, 1.807) is 23.1 Å². The van der Waals surface area contributed by atoms with E-state index in [4.69, 9.17) is 10.8 Å². The molecule has 112 valence electrons. The van der Waals surface area contributed by atoms with Crippen LogP contribution in [0.5, 0.6) is 0 Å². The van der Waals surface area contributed by atoms with Gasteiger partial charge in [0, 0.05) is 31.4 Å². The summed E-state index contributed by atoms with van der Waals surface area (Å²) < 4.78 is 0. The van der Waals surface area contributed by atoms with Gasteiger partial charge in [-0.1, -0.05) is 0 Å². The van der Waals surface area contributed by atoms with Crippen molar-refractivity contribution in [2.75, 3.05) is 24.5 Å². The summed E-state index contributed by atoms with van der Waals surface area (Å²) in [7, 11) is 0. The molecule has 1 aromatic carbocycles. The lowest BCUT2D eigenvalue weighted by Crippen LogP contribution is -2.48. The van der Waals surface area contributed by atoms with Crippen LogP contribution in [0.4, 0.5) is 10.5 Å². The van der Waals surface area contributed by atoms with Crippen molar-refractivity contribution in [1.29, 1.82) is 0 Å². The molecule has 0 unspecified atom stereocenters. The normalized spacial score (nSPS) is 18.7. The first kappa shape index (κ1) is 13.9. The third-order valence-electron chi connectivity index (χ3n) is 4.26. The molecule has 6 nitrogen and oxygen atoms in total. The van der Waals surface area contributed by atoms with E-state index in [0.29, 0.717) is 26.1 Å². The van der Waals surface area contributed by atoms with Gasteiger partial charge >= 0.3 is 12.0 Å². The highest BCUT2D eigenvalue weighted by atomic mass is 16.4. The summed E-state index contributed by atoms with van der Waals surface area (Å²) in [4.78, 5) is 27.2. The maximum absolute atomic E-state index is 12.6. The van der Waals surface area contributed by atoms with Gasteiger partial charge in [-0.15, -0.1) is 0 Å². The van der Waals surface area contributed by atoms with Gasteiger partial charge in [0.05, 0.1) is 5.56 Å². The summed E-state index contributed by atoms with van der Waals surface area (Å²) in [5.41, 5.74) is 7.90. The lowest BCUT2D eigenvalue weighted by molar-refractivity contribution is 0.0697. The number of rotatable bonds is 1. The van der Waals surface area contributed by atoms with E-state index in [1.807, 2.05) is 4.90 Å². The van der Waals surface area contributed by atoms with E-state index in [9.17, 15) is 9.59 Å². The molecule has 2 heterocycles. The highest BCUT2D eigenvalue weighted by molar-refractivity contribution is 5.96. The molecule has 0 aromatic heterocycles. The summed E-state index contributed by atoms with van der Waals surface area (Å²) >= 11 is 0. The number of anilines is 1. The van der Waals surface area contributed by atoms with Crippen molar-refractivity contribution < 1.29 is 14.7 Å². The number of carbonyl (C=O) groups excluding carboxylic acids is 1. The smallest absolute Gasteiger partial charge is 0.335 e. The van der Waals surface area contributed by atoms with Crippen molar-refractivity contribution in [3.05, 3.63) is 29.3 Å². The monoisotopic (exact) mass is 289 g/mol. The van der Waals surface area contributed by atoms with Gasteiger partial charge in [-0.2, -0.15) is 0 Å². The number of amides is 2. The average molecular weight is 289 g/mol. The highest BCUT2D eigenvalue weighted by Crippen LogP contribution is 2.30. The Bertz CT molecular complexity index is 580. The summed E-state index contributed by atoms with van der Waals surface area (Å²) in [6.45, 7) is 2.00. The van der Waals surface area contributed by atoms with Crippen LogP contribution in [0.15, 0.2) is 18.2 Å². The molecule has 2 aliphatic rings. The Morgan fingerprint density at radius 2 is 1.90 bits per heavy atom. The van der Waals surface area contributed by atoms with Crippen LogP contribution in [0.1, 0.15) is 28.8 Å². The number of nitrogens with two attached hydrogens (primary N) is 1. The van der Waals surface area contributed by atoms with Crippen LogP contribution in [0.3, 0.4) is 0 Å². The molecule has 1 fully saturated rings. The van der Waals surface area contributed by atoms with Gasteiger partial charge in [0.2, 0.25) is 0 Å². The van der Waals surface area contributed by atoms with Gasteiger partial charge in [0.1, 0.15) is 0 Å². The molecule has 0 saturated carbocycles. The fraction of sp³-hybridized carbons (Fsp3) is 0.467. The molecule has 1 saturated heterocycles. The topological polar surface area (TPSA) is 86.9 Å². The van der Waals surface area contributed by atoms with Crippen LogP contribution < -0.4 is 10.6 Å². The van der Waals surface area contributed by atoms with Crippen molar-refractivity contribution >= 4 is 17.7 Å². The zero-order chi connectivity index (χ0) is 15.0. The highest BCUT2D eigenvalue weighted by Gasteiger charge is 2.30. The second-order valence-corrected chi connectivity index (χ2v) is 5.66. The molecule has 1 aromatic rings. The number of hydrogen-bond donors (Lipinski definition) is 2. The van der Waals surface area contributed by atoms with Gasteiger partial charge in [0.15, 0.2) is 0 Å². The standard InChI is InChI=1S/C15H19N3O3/c16-12-4-6-17(7-5-12)15(21)18-8-3-10-9-11(14(19)20)1-2-13(10)18/h1-2,9,12H,3-8,16H2,(H,19,20). The van der Waals surface area contributed by atoms with Crippen molar-refractivity contribution in [3.63, 3.8) is 0 Å². The molecular weight excluding hydrogens is 270 g/mol. The molecule has 2 amide bonds. The third kappa shape index (κ3) is 2.58. The van der Waals surface area contributed by atoms with Gasteiger partial charge in [0.25, 0.3) is 0 Å². The molecule has 0 bridgehead atoms. The number of piperidine rings is 1. The maximum Gasteiger partial charge on any atom is 0.335 e. The first-order valence-electron chi connectivity index (χ1n) is 7.24. The third-order valence-corrected chi connectivity index (χ3v) is 4.26. The lowest BCUT2D eigenvalue weighted by atomic mass is 10.1. The Kier molecular flexibility index (Phi) is 3.55. The Hall–Kier alpha value is -2.08. The number of nitrogens with zero attached hydrogens (tertiary/aromatic N) is 2. The molecule has 0 radical (unpaired) electrons. The van der Waals surface area contributed by atoms with Crippen molar-refractivity contribution in [3.8, 4) is 0 Å². The molecule has 21 heavy (non-hydrogen) atoms. The first-order chi connectivity index (χ1) is 10.1. The van der Waals surface area contributed by atoms with E-state index in [0.717, 1.165) is 24.1 Å². The Labute approximate surface area is 123 Å². The first-order valence-corrected chi connectivity index (χ1v) is 7.24. The molecule has 0 aliphatic carbocycles. The van der Waals surface area contributed by atoms with Crippen LogP contribution in [-0.2, 0) is 6.42 Å². The molecular formula is C15H19N3O3. The fourth-order valence-electron chi connectivity index (χ4n) is 2.99. The van der Waals surface area contributed by atoms with Gasteiger partial charge in [-0.3, -0.25) is 4.90 Å². The quantitative estimate of drug-likeness (QED) is 0.815. The minimum absolute atomic E-state index is 0.00345. The minimum Gasteiger partial charge on any atom is -0.478 e. The molecule has 3 rings (SSSR count). The van der Waals surface area contributed by atoms with Crippen molar-refractivity contribution in [2.45, 2.75) is 25.3 Å². The maximum atomic E-state index is 12.6. The second kappa shape index (κ2) is 5.37. The van der Waals surface area contributed by atoms with E-state index < -0.39 is 5.97 Å². The largest absolute Gasteiger partial charge is 0.478 e. The van der Waals surface area contributed by atoms with Crippen molar-refractivity contribution in [2.24, 2.45) is 5.73 Å². The van der Waals surface area contributed by atoms with Gasteiger partial charge in [-0.25, -0.2) is 9.59 Å². The molecule has 6 heteroatoms. The van der Waals surface area contributed by atoms with Gasteiger partial charge in [-0.05, 0) is 43.0 Å². The number of carboxylic acids is 1. The van der Waals surface area contributed by atoms with Crippen LogP contribution in [0, 0.1) is 0 Å². The van der Waals surface area contributed by atoms with Gasteiger partial charge < -0.3 is 15.7 Å². The van der Waals surface area contributed by atoms with E-state index in [-0.39, 0.29) is 17.6 Å². The number of hydrogen-bond acceptors (Lipinski definition) is 3. The van der Waals surface area contributed by atoms with E-state index in [1.165, 1.54) is 0 Å². The zero-order valence-corrected chi connectivity index (χ0v) is 11.8. The zero-order valence-electron chi connectivity index (χ0n) is 11.8. The number of carboxylic acid groups (broad SMARTS) is 1.